The van der Waals surface area contributed by atoms with Gasteiger partial charge in [-0.15, -0.1) is 0 Å². The fourth-order valence-electron chi connectivity index (χ4n) is 2.96. The van der Waals surface area contributed by atoms with E-state index in [1.807, 2.05) is 44.2 Å². The van der Waals surface area contributed by atoms with Gasteiger partial charge in [0, 0.05) is 24.1 Å². The van der Waals surface area contributed by atoms with Crippen molar-refractivity contribution >= 4 is 35.2 Å². The minimum atomic E-state index is -0.479. The van der Waals surface area contributed by atoms with Crippen LogP contribution in [-0.4, -0.2) is 40.6 Å². The van der Waals surface area contributed by atoms with Crippen LogP contribution < -0.4 is 10.1 Å². The van der Waals surface area contributed by atoms with Gasteiger partial charge in [-0.3, -0.25) is 19.8 Å². The van der Waals surface area contributed by atoms with Gasteiger partial charge < -0.3 is 9.30 Å². The van der Waals surface area contributed by atoms with Crippen molar-refractivity contribution < 1.29 is 14.3 Å². The second-order valence-corrected chi connectivity index (χ2v) is 6.43. The number of ether oxygens (including phenoxy) is 1. The van der Waals surface area contributed by atoms with Crippen molar-refractivity contribution in [2.24, 2.45) is 0 Å². The highest BCUT2D eigenvalue weighted by Gasteiger charge is 2.31. The van der Waals surface area contributed by atoms with Gasteiger partial charge >= 0.3 is 0 Å². The normalized spacial score (nSPS) is 16.2. The Kier molecular flexibility index (Phi) is 4.65. The van der Waals surface area contributed by atoms with Crippen LogP contribution >= 0.6 is 12.2 Å². The lowest BCUT2D eigenvalue weighted by Crippen LogP contribution is -2.52. The number of carbonyl (C=O) groups is 2. The number of hydrogen-bond donors (Lipinski definition) is 1. The Morgan fingerprint density at radius 1 is 1.15 bits per heavy atom. The molecule has 2 amide bonds. The van der Waals surface area contributed by atoms with Gasteiger partial charge in [-0.05, 0) is 68.0 Å². The van der Waals surface area contributed by atoms with Gasteiger partial charge in [0.05, 0.1) is 7.11 Å². The summed E-state index contributed by atoms with van der Waals surface area (Å²) in [6, 6.07) is 9.64. The summed E-state index contributed by atoms with van der Waals surface area (Å²) in [7, 11) is 3.17. The molecule has 1 aromatic heterocycles. The van der Waals surface area contributed by atoms with Gasteiger partial charge in [-0.25, -0.2) is 0 Å². The maximum Gasteiger partial charge on any atom is 0.265 e. The summed E-state index contributed by atoms with van der Waals surface area (Å²) in [5, 5.41) is 2.64. The molecule has 0 aliphatic carbocycles. The second kappa shape index (κ2) is 6.76. The minimum Gasteiger partial charge on any atom is -0.497 e. The molecule has 1 aliphatic rings. The Labute approximate surface area is 157 Å². The van der Waals surface area contributed by atoms with Crippen molar-refractivity contribution in [1.29, 1.82) is 0 Å². The SMILES string of the molecule is COc1ccc(-n2c(C)cc(/C=C3\C(=O)NC(=S)N(C)C3=O)c2C)cc1. The zero-order valence-corrected chi connectivity index (χ0v) is 15.8. The van der Waals surface area contributed by atoms with Crippen LogP contribution in [0.5, 0.6) is 5.75 Å². The van der Waals surface area contributed by atoms with Crippen LogP contribution in [0, 0.1) is 13.8 Å². The Morgan fingerprint density at radius 2 is 1.81 bits per heavy atom. The van der Waals surface area contributed by atoms with Crippen molar-refractivity contribution in [1.82, 2.24) is 14.8 Å². The van der Waals surface area contributed by atoms with Gasteiger partial charge in [0.15, 0.2) is 5.11 Å². The first-order chi connectivity index (χ1) is 12.3. The molecule has 134 valence electrons. The van der Waals surface area contributed by atoms with E-state index in [4.69, 9.17) is 17.0 Å². The Morgan fingerprint density at radius 3 is 2.42 bits per heavy atom. The standard InChI is InChI=1S/C19H19N3O3S/c1-11-9-13(10-16-17(23)20-19(26)21(3)18(16)24)12(2)22(11)14-5-7-15(25-4)8-6-14/h5-10H,1-4H3,(H,20,23,26)/b16-10+. The molecular formula is C19H19N3O3S. The highest BCUT2D eigenvalue weighted by Crippen LogP contribution is 2.25. The highest BCUT2D eigenvalue weighted by atomic mass is 32.1. The second-order valence-electron chi connectivity index (χ2n) is 6.04. The van der Waals surface area contributed by atoms with E-state index in [1.54, 1.807) is 20.2 Å². The molecule has 3 rings (SSSR count). The van der Waals surface area contributed by atoms with Crippen molar-refractivity contribution in [3.05, 3.63) is 52.9 Å². The third-order valence-electron chi connectivity index (χ3n) is 4.41. The fourth-order valence-corrected chi connectivity index (χ4v) is 3.14. The first kappa shape index (κ1) is 17.9. The summed E-state index contributed by atoms with van der Waals surface area (Å²) in [4.78, 5) is 25.8. The molecule has 7 heteroatoms. The molecule has 1 aromatic carbocycles. The lowest BCUT2D eigenvalue weighted by molar-refractivity contribution is -0.128. The van der Waals surface area contributed by atoms with Crippen molar-refractivity contribution in [2.45, 2.75) is 13.8 Å². The molecular weight excluding hydrogens is 350 g/mol. The number of carbonyl (C=O) groups excluding carboxylic acids is 2. The molecule has 1 aliphatic heterocycles. The number of methoxy groups -OCH3 is 1. The van der Waals surface area contributed by atoms with E-state index in [0.29, 0.717) is 0 Å². The number of nitrogens with one attached hydrogen (secondary N) is 1. The highest BCUT2D eigenvalue weighted by molar-refractivity contribution is 7.80. The number of benzene rings is 1. The van der Waals surface area contributed by atoms with Crippen LogP contribution in [0.15, 0.2) is 35.9 Å². The fraction of sp³-hybridized carbons (Fsp3) is 0.211. The summed E-state index contributed by atoms with van der Waals surface area (Å²) in [5.74, 6) is -0.109. The summed E-state index contributed by atoms with van der Waals surface area (Å²) in [5.41, 5.74) is 3.76. The van der Waals surface area contributed by atoms with Crippen molar-refractivity contribution in [2.75, 3.05) is 14.2 Å². The quantitative estimate of drug-likeness (QED) is 0.513. The molecule has 0 unspecified atom stereocenters. The van der Waals surface area contributed by atoms with Crippen LogP contribution in [0.25, 0.3) is 11.8 Å². The van der Waals surface area contributed by atoms with E-state index < -0.39 is 11.8 Å². The Balaban J connectivity index is 2.03. The molecule has 6 nitrogen and oxygen atoms in total. The van der Waals surface area contributed by atoms with Crippen LogP contribution in [0.3, 0.4) is 0 Å². The smallest absolute Gasteiger partial charge is 0.265 e. The molecule has 1 fully saturated rings. The zero-order valence-electron chi connectivity index (χ0n) is 15.0. The number of likely N-dealkylation sites (N-methyl/N-ethyl adjacent to an activating group) is 1. The lowest BCUT2D eigenvalue weighted by atomic mass is 10.1. The number of aryl methyl sites for hydroxylation is 1. The van der Waals surface area contributed by atoms with Crippen molar-refractivity contribution in [3.63, 3.8) is 0 Å². The predicted octanol–water partition coefficient (Wildman–Crippen LogP) is 2.36. The predicted molar refractivity (Wildman–Crippen MR) is 103 cm³/mol. The van der Waals surface area contributed by atoms with Gasteiger partial charge in [-0.1, -0.05) is 0 Å². The maximum absolute atomic E-state index is 12.4. The molecule has 1 N–H and O–H groups in total. The average Bonchev–Trinajstić information content (AvgIpc) is 2.90. The minimum absolute atomic E-state index is 0.0658. The maximum atomic E-state index is 12.4. The van der Waals surface area contributed by atoms with Gasteiger partial charge in [0.1, 0.15) is 11.3 Å². The van der Waals surface area contributed by atoms with Crippen LogP contribution in [0.4, 0.5) is 0 Å². The molecule has 1 saturated heterocycles. The first-order valence-corrected chi connectivity index (χ1v) is 8.42. The summed E-state index contributed by atoms with van der Waals surface area (Å²) >= 11 is 4.97. The molecule has 2 heterocycles. The average molecular weight is 369 g/mol. The van der Waals surface area contributed by atoms with Crippen LogP contribution in [-0.2, 0) is 9.59 Å². The summed E-state index contributed by atoms with van der Waals surface area (Å²) in [6.07, 6.45) is 1.61. The van der Waals surface area contributed by atoms with Crippen molar-refractivity contribution in [3.8, 4) is 11.4 Å². The van der Waals surface area contributed by atoms with Gasteiger partial charge in [0.25, 0.3) is 11.8 Å². The first-order valence-electron chi connectivity index (χ1n) is 8.02. The van der Waals surface area contributed by atoms with E-state index in [9.17, 15) is 9.59 Å². The Bertz CT molecular complexity index is 942. The number of nitrogens with zero attached hydrogens (tertiary/aromatic N) is 2. The molecule has 0 saturated carbocycles. The van der Waals surface area contributed by atoms with E-state index >= 15 is 0 Å². The molecule has 26 heavy (non-hydrogen) atoms. The molecule has 2 aromatic rings. The number of aromatic nitrogens is 1. The van der Waals surface area contributed by atoms with E-state index in [1.165, 1.54) is 4.90 Å². The number of amides is 2. The van der Waals surface area contributed by atoms with Crippen LogP contribution in [0.1, 0.15) is 17.0 Å². The van der Waals surface area contributed by atoms with E-state index in [-0.39, 0.29) is 10.7 Å². The van der Waals surface area contributed by atoms with Gasteiger partial charge in [-0.2, -0.15) is 0 Å². The lowest BCUT2D eigenvalue weighted by Gasteiger charge is -2.25. The number of hydrogen-bond acceptors (Lipinski definition) is 4. The largest absolute Gasteiger partial charge is 0.497 e. The molecule has 0 atom stereocenters. The third-order valence-corrected chi connectivity index (χ3v) is 4.78. The van der Waals surface area contributed by atoms with Crippen LogP contribution in [0.2, 0.25) is 0 Å². The number of thiocarbonyl (C=S) groups is 1. The zero-order chi connectivity index (χ0) is 19.0. The molecule has 0 radical (unpaired) electrons. The molecule has 0 bridgehead atoms. The van der Waals surface area contributed by atoms with E-state index in [2.05, 4.69) is 9.88 Å². The third kappa shape index (κ3) is 3.01. The summed E-state index contributed by atoms with van der Waals surface area (Å²) < 4.78 is 7.26. The molecule has 0 spiro atoms. The Hall–Kier alpha value is -2.93. The van der Waals surface area contributed by atoms with Gasteiger partial charge in [0.2, 0.25) is 0 Å². The monoisotopic (exact) mass is 369 g/mol. The summed E-state index contributed by atoms with van der Waals surface area (Å²) in [6.45, 7) is 3.92. The topological polar surface area (TPSA) is 63.6 Å². The van der Waals surface area contributed by atoms with E-state index in [0.717, 1.165) is 28.4 Å². The number of rotatable bonds is 3.